The minimum atomic E-state index is -6.09. The predicted octanol–water partition coefficient (Wildman–Crippen LogP) is 5.37. The monoisotopic (exact) mass is 472 g/mol. The van der Waals surface area contributed by atoms with E-state index in [4.69, 9.17) is 13.0 Å². The maximum atomic E-state index is 13.8. The van der Waals surface area contributed by atoms with Gasteiger partial charge < -0.3 is 4.55 Å². The molecule has 0 bridgehead atoms. The van der Waals surface area contributed by atoms with Gasteiger partial charge >= 0.3 is 11.0 Å². The molecule has 0 saturated carbocycles. The van der Waals surface area contributed by atoms with Crippen molar-refractivity contribution in [2.45, 2.75) is 30.1 Å². The Morgan fingerprint density at radius 3 is 2.00 bits per heavy atom. The summed E-state index contributed by atoms with van der Waals surface area (Å²) in [5.74, 6) is -0.0270. The number of rotatable bonds is 2. The molecule has 2 aliphatic rings. The van der Waals surface area contributed by atoms with Gasteiger partial charge in [-0.3, -0.25) is 0 Å². The normalized spacial score (nSPS) is 24.0. The van der Waals surface area contributed by atoms with Crippen molar-refractivity contribution in [2.75, 3.05) is 0 Å². The zero-order valence-corrected chi connectivity index (χ0v) is 17.4. The SMILES string of the molecule is CC(C)C1=CC=CC2C=C(c3ccccc3)[S+](C(F)(F)F)C12.O=S(=O)([O-])C(F)(F)F. The van der Waals surface area contributed by atoms with Gasteiger partial charge in [0, 0.05) is 5.56 Å². The van der Waals surface area contributed by atoms with Crippen molar-refractivity contribution < 1.29 is 39.3 Å². The molecule has 0 fully saturated rings. The lowest BCUT2D eigenvalue weighted by molar-refractivity contribution is -0.0518. The molecule has 1 aromatic rings. The van der Waals surface area contributed by atoms with Crippen molar-refractivity contribution in [1.82, 2.24) is 0 Å². The highest BCUT2D eigenvalue weighted by molar-refractivity contribution is 8.07. The molecule has 0 aromatic heterocycles. The molecule has 166 valence electrons. The van der Waals surface area contributed by atoms with Crippen LogP contribution in [0.4, 0.5) is 26.3 Å². The molecule has 0 spiro atoms. The molecule has 30 heavy (non-hydrogen) atoms. The van der Waals surface area contributed by atoms with E-state index in [1.54, 1.807) is 24.3 Å². The summed E-state index contributed by atoms with van der Waals surface area (Å²) < 4.78 is 100. The summed E-state index contributed by atoms with van der Waals surface area (Å²) in [5.41, 5.74) is -8.25. The third-order valence-electron chi connectivity index (χ3n) is 4.39. The smallest absolute Gasteiger partial charge is 0.581 e. The van der Waals surface area contributed by atoms with E-state index >= 15 is 0 Å². The number of allylic oxidation sites excluding steroid dienone is 4. The summed E-state index contributed by atoms with van der Waals surface area (Å²) in [6.45, 7) is 3.95. The lowest BCUT2D eigenvalue weighted by Gasteiger charge is -2.25. The van der Waals surface area contributed by atoms with Gasteiger partial charge in [-0.15, -0.1) is 13.2 Å². The first-order valence-electron chi connectivity index (χ1n) is 8.62. The summed E-state index contributed by atoms with van der Waals surface area (Å²) in [6, 6.07) is 8.97. The van der Waals surface area contributed by atoms with Crippen LogP contribution in [0.5, 0.6) is 0 Å². The first kappa shape index (κ1) is 24.5. The lowest BCUT2D eigenvalue weighted by Crippen LogP contribution is -2.38. The molecule has 0 N–H and O–H groups in total. The van der Waals surface area contributed by atoms with Gasteiger partial charge in [-0.2, -0.15) is 13.2 Å². The van der Waals surface area contributed by atoms with Gasteiger partial charge in [-0.25, -0.2) is 8.42 Å². The average molecular weight is 472 g/mol. The molecule has 1 aliphatic carbocycles. The third-order valence-corrected chi connectivity index (χ3v) is 7.40. The third kappa shape index (κ3) is 5.50. The average Bonchev–Trinajstić information content (AvgIpc) is 3.01. The van der Waals surface area contributed by atoms with Crippen LogP contribution in [0.1, 0.15) is 19.4 Å². The van der Waals surface area contributed by atoms with Gasteiger partial charge in [-0.1, -0.05) is 50.3 Å². The largest absolute Gasteiger partial charge is 0.741 e. The second-order valence-corrected chi connectivity index (χ2v) is 10.2. The van der Waals surface area contributed by atoms with E-state index in [1.165, 1.54) is 0 Å². The summed E-state index contributed by atoms with van der Waals surface area (Å²) in [5, 5.41) is -0.472. The van der Waals surface area contributed by atoms with E-state index in [0.29, 0.717) is 10.5 Å². The molecular formula is C19H18F6O3S2. The van der Waals surface area contributed by atoms with Crippen LogP contribution in [0.3, 0.4) is 0 Å². The topological polar surface area (TPSA) is 57.2 Å². The maximum Gasteiger partial charge on any atom is 0.581 e. The van der Waals surface area contributed by atoms with Gasteiger partial charge in [0.1, 0.15) is 10.9 Å². The molecule has 0 radical (unpaired) electrons. The first-order chi connectivity index (χ1) is 13.6. The minimum absolute atomic E-state index is 0.123. The zero-order valence-electron chi connectivity index (χ0n) is 15.7. The standard InChI is InChI=1S/C18H18F3S.CHF3O3S/c1-12(2)15-10-6-9-14-11-16(13-7-4-3-5-8-13)22(17(14)15)18(19,20)21;2-1(3,4)8(5,6)7/h3-12,14,17H,1-2H3;(H,5,6,7)/q+1;/p-1. The molecule has 1 aliphatic heterocycles. The first-order valence-corrected chi connectivity index (χ1v) is 11.3. The quantitative estimate of drug-likeness (QED) is 0.252. The Labute approximate surface area is 173 Å². The van der Waals surface area contributed by atoms with Gasteiger partial charge in [0.25, 0.3) is 0 Å². The van der Waals surface area contributed by atoms with Gasteiger partial charge in [0.2, 0.25) is 0 Å². The van der Waals surface area contributed by atoms with Crippen LogP contribution in [0, 0.1) is 11.8 Å². The molecule has 1 heterocycles. The van der Waals surface area contributed by atoms with Crippen LogP contribution in [0.25, 0.3) is 4.91 Å². The number of alkyl halides is 6. The second kappa shape index (κ2) is 8.80. The minimum Gasteiger partial charge on any atom is -0.741 e. The molecule has 0 amide bonds. The van der Waals surface area contributed by atoms with Gasteiger partial charge in [0.05, 0.1) is 5.92 Å². The lowest BCUT2D eigenvalue weighted by atomic mass is 9.87. The van der Waals surface area contributed by atoms with E-state index in [2.05, 4.69) is 0 Å². The van der Waals surface area contributed by atoms with E-state index < -0.39 is 37.3 Å². The Morgan fingerprint density at radius 1 is 1.03 bits per heavy atom. The van der Waals surface area contributed by atoms with Crippen molar-refractivity contribution in [3.8, 4) is 0 Å². The van der Waals surface area contributed by atoms with Gasteiger partial charge in [0.15, 0.2) is 20.3 Å². The molecule has 3 unspecified atom stereocenters. The highest BCUT2D eigenvalue weighted by Crippen LogP contribution is 2.51. The van der Waals surface area contributed by atoms with E-state index in [0.717, 1.165) is 5.57 Å². The van der Waals surface area contributed by atoms with Gasteiger partial charge in [-0.05, 0) is 29.7 Å². The summed E-state index contributed by atoms with van der Waals surface area (Å²) in [7, 11) is -7.85. The number of hydrogen-bond acceptors (Lipinski definition) is 3. The Kier molecular flexibility index (Phi) is 7.20. The van der Waals surface area contributed by atoms with Crippen LogP contribution in [-0.2, 0) is 21.0 Å². The molecule has 0 saturated heterocycles. The highest BCUT2D eigenvalue weighted by atomic mass is 32.2. The Morgan fingerprint density at radius 2 is 1.57 bits per heavy atom. The van der Waals surface area contributed by atoms with E-state index in [9.17, 15) is 26.3 Å². The van der Waals surface area contributed by atoms with Crippen LogP contribution < -0.4 is 0 Å². The number of hydrogen-bond donors (Lipinski definition) is 0. The predicted molar refractivity (Wildman–Crippen MR) is 103 cm³/mol. The Hall–Kier alpha value is -1.72. The van der Waals surface area contributed by atoms with Crippen molar-refractivity contribution in [3.63, 3.8) is 0 Å². The fourth-order valence-electron chi connectivity index (χ4n) is 3.15. The van der Waals surface area contributed by atoms with Crippen LogP contribution in [-0.4, -0.2) is 29.2 Å². The molecule has 3 atom stereocenters. The molecule has 11 heteroatoms. The summed E-state index contributed by atoms with van der Waals surface area (Å²) >= 11 is 0. The summed E-state index contributed by atoms with van der Waals surface area (Å²) in [6.07, 6.45) is 7.50. The molecule has 3 rings (SSSR count). The molecule has 3 nitrogen and oxygen atoms in total. The summed E-state index contributed by atoms with van der Waals surface area (Å²) in [4.78, 5) is 0.446. The van der Waals surface area contributed by atoms with Crippen molar-refractivity contribution in [2.24, 2.45) is 11.8 Å². The fourth-order valence-corrected chi connectivity index (χ4v) is 5.76. The fraction of sp³-hybridized carbons (Fsp3) is 0.368. The van der Waals surface area contributed by atoms with Crippen molar-refractivity contribution in [3.05, 3.63) is 65.8 Å². The molecule has 1 aromatic carbocycles. The van der Waals surface area contributed by atoms with E-state index in [-0.39, 0.29) is 11.8 Å². The second-order valence-electron chi connectivity index (χ2n) is 6.78. The van der Waals surface area contributed by atoms with Crippen LogP contribution in [0.2, 0.25) is 0 Å². The van der Waals surface area contributed by atoms with Crippen LogP contribution >= 0.6 is 0 Å². The maximum absolute atomic E-state index is 13.8. The van der Waals surface area contributed by atoms with Crippen molar-refractivity contribution in [1.29, 1.82) is 0 Å². The Balaban J connectivity index is 0.000000343. The number of fused-ring (bicyclic) bond motifs is 1. The van der Waals surface area contributed by atoms with Crippen LogP contribution in [0.15, 0.2) is 60.2 Å². The Bertz CT molecular complexity index is 945. The van der Waals surface area contributed by atoms with E-state index in [1.807, 2.05) is 44.2 Å². The highest BCUT2D eigenvalue weighted by Gasteiger charge is 2.64. The zero-order chi connectivity index (χ0) is 22.9. The number of halogens is 6. The molecular weight excluding hydrogens is 454 g/mol. The van der Waals surface area contributed by atoms with Crippen molar-refractivity contribution >= 4 is 25.9 Å². The number of benzene rings is 1.